The summed E-state index contributed by atoms with van der Waals surface area (Å²) in [5.74, 6) is -1.72. The lowest BCUT2D eigenvalue weighted by atomic mass is 10.1. The van der Waals surface area contributed by atoms with Crippen LogP contribution in [0, 0.1) is 0 Å². The summed E-state index contributed by atoms with van der Waals surface area (Å²) < 4.78 is 5.17. The van der Waals surface area contributed by atoms with Gasteiger partial charge < -0.3 is 20.7 Å². The van der Waals surface area contributed by atoms with Crippen molar-refractivity contribution >= 4 is 35.1 Å². The summed E-state index contributed by atoms with van der Waals surface area (Å²) in [6.07, 6.45) is 0.929. The van der Waals surface area contributed by atoms with E-state index in [4.69, 9.17) is 4.74 Å². The molecule has 0 spiro atoms. The number of benzene rings is 1. The van der Waals surface area contributed by atoms with Gasteiger partial charge in [-0.1, -0.05) is 0 Å². The Balaban J connectivity index is 2.13. The summed E-state index contributed by atoms with van der Waals surface area (Å²) in [4.78, 5) is 46.7. The van der Waals surface area contributed by atoms with Crippen LogP contribution in [0.25, 0.3) is 0 Å². The molecule has 1 aliphatic rings. The maximum atomic E-state index is 12.3. The van der Waals surface area contributed by atoms with Crippen LogP contribution in [-0.4, -0.2) is 35.8 Å². The maximum absolute atomic E-state index is 12.3. The van der Waals surface area contributed by atoms with E-state index in [1.807, 2.05) is 0 Å². The van der Waals surface area contributed by atoms with Crippen molar-refractivity contribution in [2.24, 2.45) is 0 Å². The number of carbonyl (C=O) groups is 4. The molecule has 0 radical (unpaired) electrons. The molecule has 0 heterocycles. The van der Waals surface area contributed by atoms with E-state index in [0.29, 0.717) is 11.4 Å². The van der Waals surface area contributed by atoms with Crippen LogP contribution in [0.2, 0.25) is 0 Å². The van der Waals surface area contributed by atoms with Crippen molar-refractivity contribution in [2.75, 3.05) is 10.6 Å². The Bertz CT molecular complexity index is 678. The molecular formula is C17H21N3O5. The maximum Gasteiger partial charge on any atom is 0.339 e. The normalized spacial score (nSPS) is 14.2. The minimum Gasteiger partial charge on any atom is -0.449 e. The molecule has 3 N–H and O–H groups in total. The predicted molar refractivity (Wildman–Crippen MR) is 91.1 cm³/mol. The molecule has 2 rings (SSSR count). The zero-order valence-corrected chi connectivity index (χ0v) is 14.3. The first-order valence-corrected chi connectivity index (χ1v) is 7.96. The molecule has 0 aromatic heterocycles. The van der Waals surface area contributed by atoms with Crippen LogP contribution in [-0.2, 0) is 19.1 Å². The minimum atomic E-state index is -0.943. The number of nitrogens with one attached hydrogen (secondary N) is 3. The highest BCUT2D eigenvalue weighted by Gasteiger charge is 2.27. The van der Waals surface area contributed by atoms with Gasteiger partial charge >= 0.3 is 5.97 Å². The van der Waals surface area contributed by atoms with E-state index in [1.165, 1.54) is 39.0 Å². The number of hydrogen-bond donors (Lipinski definition) is 3. The summed E-state index contributed by atoms with van der Waals surface area (Å²) >= 11 is 0. The lowest BCUT2D eigenvalue weighted by Gasteiger charge is -2.14. The van der Waals surface area contributed by atoms with Crippen molar-refractivity contribution < 1.29 is 23.9 Å². The third-order valence-electron chi connectivity index (χ3n) is 3.39. The van der Waals surface area contributed by atoms with Gasteiger partial charge in [0.1, 0.15) is 0 Å². The fourth-order valence-corrected chi connectivity index (χ4v) is 2.12. The number of anilines is 2. The molecule has 1 fully saturated rings. The van der Waals surface area contributed by atoms with Gasteiger partial charge in [0.2, 0.25) is 11.8 Å². The van der Waals surface area contributed by atoms with Crippen molar-refractivity contribution in [1.29, 1.82) is 0 Å². The first-order chi connectivity index (χ1) is 11.7. The fraction of sp³-hybridized carbons (Fsp3) is 0.412. The van der Waals surface area contributed by atoms with Crippen molar-refractivity contribution in [2.45, 2.75) is 45.8 Å². The molecule has 8 nitrogen and oxygen atoms in total. The Kier molecular flexibility index (Phi) is 5.74. The van der Waals surface area contributed by atoms with Gasteiger partial charge in [0, 0.05) is 31.3 Å². The summed E-state index contributed by atoms with van der Waals surface area (Å²) in [6, 6.07) is 4.52. The second kappa shape index (κ2) is 7.78. The number of amides is 3. The second-order valence-corrected chi connectivity index (χ2v) is 5.99. The average Bonchev–Trinajstić information content (AvgIpc) is 3.29. The molecule has 1 aliphatic carbocycles. The van der Waals surface area contributed by atoms with E-state index in [9.17, 15) is 19.2 Å². The van der Waals surface area contributed by atoms with Gasteiger partial charge in [0.25, 0.3) is 5.91 Å². The Hall–Kier alpha value is -2.90. The highest BCUT2D eigenvalue weighted by molar-refractivity contribution is 5.98. The minimum absolute atomic E-state index is 0.112. The summed E-state index contributed by atoms with van der Waals surface area (Å²) in [5.41, 5.74) is 0.780. The quantitative estimate of drug-likeness (QED) is 0.674. The molecule has 3 amide bonds. The molecule has 1 atom stereocenters. The van der Waals surface area contributed by atoms with E-state index in [2.05, 4.69) is 16.0 Å². The van der Waals surface area contributed by atoms with Crippen molar-refractivity contribution in [3.8, 4) is 0 Å². The average molecular weight is 347 g/mol. The smallest absolute Gasteiger partial charge is 0.339 e. The molecule has 0 aliphatic heterocycles. The number of carbonyl (C=O) groups excluding carboxylic acids is 4. The first-order valence-electron chi connectivity index (χ1n) is 7.96. The monoisotopic (exact) mass is 347 g/mol. The largest absolute Gasteiger partial charge is 0.449 e. The molecule has 1 aromatic rings. The molecule has 25 heavy (non-hydrogen) atoms. The predicted octanol–water partition coefficient (Wildman–Crippen LogP) is 1.43. The van der Waals surface area contributed by atoms with Crippen LogP contribution >= 0.6 is 0 Å². The molecule has 134 valence electrons. The summed E-state index contributed by atoms with van der Waals surface area (Å²) in [5, 5.41) is 7.85. The molecule has 8 heteroatoms. The Morgan fingerprint density at radius 1 is 1.00 bits per heavy atom. The van der Waals surface area contributed by atoms with Gasteiger partial charge in [-0.3, -0.25) is 14.4 Å². The van der Waals surface area contributed by atoms with Gasteiger partial charge in [0.05, 0.1) is 5.56 Å². The zero-order valence-electron chi connectivity index (χ0n) is 14.3. The van der Waals surface area contributed by atoms with Crippen molar-refractivity contribution in [1.82, 2.24) is 5.32 Å². The summed E-state index contributed by atoms with van der Waals surface area (Å²) in [7, 11) is 0. The van der Waals surface area contributed by atoms with Gasteiger partial charge in [-0.15, -0.1) is 0 Å². The van der Waals surface area contributed by atoms with E-state index in [0.717, 1.165) is 12.8 Å². The third-order valence-corrected chi connectivity index (χ3v) is 3.39. The lowest BCUT2D eigenvalue weighted by molar-refractivity contribution is -0.129. The Labute approximate surface area is 145 Å². The Morgan fingerprint density at radius 2 is 1.52 bits per heavy atom. The third kappa shape index (κ3) is 5.91. The van der Waals surface area contributed by atoms with Crippen LogP contribution in [0.5, 0.6) is 0 Å². The molecule has 0 bridgehead atoms. The van der Waals surface area contributed by atoms with Gasteiger partial charge in [-0.05, 0) is 38.0 Å². The van der Waals surface area contributed by atoms with Crippen molar-refractivity contribution in [3.05, 3.63) is 23.8 Å². The number of hydrogen-bond acceptors (Lipinski definition) is 5. The highest BCUT2D eigenvalue weighted by atomic mass is 16.5. The summed E-state index contributed by atoms with van der Waals surface area (Å²) in [6.45, 7) is 4.14. The standard InChI is InChI=1S/C17H21N3O5/c1-9(16(23)20-13-4-5-13)25-17(24)12-6-14(18-10(2)21)8-15(7-12)19-11(3)22/h6-9,13H,4-5H2,1-3H3,(H,18,21)(H,19,22)(H,20,23)/t9-/m0/s1. The van der Waals surface area contributed by atoms with E-state index < -0.39 is 12.1 Å². The van der Waals surface area contributed by atoms with Crippen LogP contribution in [0.4, 0.5) is 11.4 Å². The molecule has 1 aromatic carbocycles. The zero-order chi connectivity index (χ0) is 18.6. The van der Waals surface area contributed by atoms with E-state index in [1.54, 1.807) is 0 Å². The fourth-order valence-electron chi connectivity index (χ4n) is 2.12. The number of rotatable bonds is 6. The van der Waals surface area contributed by atoms with Gasteiger partial charge in [-0.25, -0.2) is 4.79 Å². The highest BCUT2D eigenvalue weighted by Crippen LogP contribution is 2.21. The Morgan fingerprint density at radius 3 is 1.96 bits per heavy atom. The van der Waals surface area contributed by atoms with Crippen LogP contribution in [0.1, 0.15) is 44.0 Å². The number of ether oxygens (including phenoxy) is 1. The number of esters is 1. The van der Waals surface area contributed by atoms with Gasteiger partial charge in [-0.2, -0.15) is 0 Å². The van der Waals surface area contributed by atoms with Crippen molar-refractivity contribution in [3.63, 3.8) is 0 Å². The first kappa shape index (κ1) is 18.4. The van der Waals surface area contributed by atoms with Gasteiger partial charge in [0.15, 0.2) is 6.10 Å². The van der Waals surface area contributed by atoms with Crippen LogP contribution in [0.15, 0.2) is 18.2 Å². The molecule has 0 unspecified atom stereocenters. The molecule has 1 saturated carbocycles. The van der Waals surface area contributed by atoms with Crippen LogP contribution in [0.3, 0.4) is 0 Å². The van der Waals surface area contributed by atoms with E-state index >= 15 is 0 Å². The lowest BCUT2D eigenvalue weighted by Crippen LogP contribution is -2.37. The topological polar surface area (TPSA) is 114 Å². The second-order valence-electron chi connectivity index (χ2n) is 5.99. The van der Waals surface area contributed by atoms with E-state index in [-0.39, 0.29) is 29.3 Å². The molecule has 0 saturated heterocycles. The SMILES string of the molecule is CC(=O)Nc1cc(NC(C)=O)cc(C(=O)O[C@@H](C)C(=O)NC2CC2)c1. The molecular weight excluding hydrogens is 326 g/mol. The van der Waals surface area contributed by atoms with Crippen LogP contribution < -0.4 is 16.0 Å².